The maximum absolute atomic E-state index is 14.6. The topological polar surface area (TPSA) is 73.1 Å². The lowest BCUT2D eigenvalue weighted by atomic mass is 9.91. The van der Waals surface area contributed by atoms with Crippen LogP contribution in [0.3, 0.4) is 0 Å². The van der Waals surface area contributed by atoms with Gasteiger partial charge in [-0.3, -0.25) is 0 Å². The Balaban J connectivity index is 1.58. The van der Waals surface area contributed by atoms with E-state index in [0.29, 0.717) is 34.6 Å². The lowest BCUT2D eigenvalue weighted by Gasteiger charge is -2.28. The number of hydrogen-bond donors (Lipinski definition) is 1. The average molecular weight is 565 g/mol. The first-order chi connectivity index (χ1) is 20.1. The molecule has 0 bridgehead atoms. The highest BCUT2D eigenvalue weighted by molar-refractivity contribution is 5.89. The van der Waals surface area contributed by atoms with Crippen molar-refractivity contribution in [2.45, 2.75) is 52.2 Å². The van der Waals surface area contributed by atoms with Gasteiger partial charge in [0, 0.05) is 34.6 Å². The molecule has 3 heterocycles. The zero-order valence-electron chi connectivity index (χ0n) is 24.1. The van der Waals surface area contributed by atoms with Crippen LogP contribution in [-0.4, -0.2) is 32.7 Å². The Morgan fingerprint density at radius 3 is 2.57 bits per heavy atom. The van der Waals surface area contributed by atoms with E-state index in [9.17, 15) is 14.3 Å². The predicted octanol–water partition coefficient (Wildman–Crippen LogP) is 8.05. The first-order valence-electron chi connectivity index (χ1n) is 14.1. The summed E-state index contributed by atoms with van der Waals surface area (Å²) in [4.78, 5) is 17.8. The minimum Gasteiger partial charge on any atom is -0.493 e. The van der Waals surface area contributed by atoms with E-state index in [1.807, 2.05) is 87.0 Å². The summed E-state index contributed by atoms with van der Waals surface area (Å²) < 4.78 is 28.6. The summed E-state index contributed by atoms with van der Waals surface area (Å²) in [6.45, 7) is 8.14. The molecule has 0 fully saturated rings. The number of carboxylic acid groups (broad SMARTS) is 1. The summed E-state index contributed by atoms with van der Waals surface area (Å²) in [7, 11) is 0. The zero-order valence-corrected chi connectivity index (χ0v) is 24.1. The number of halogens is 1. The van der Waals surface area contributed by atoms with E-state index in [4.69, 9.17) is 14.5 Å². The summed E-state index contributed by atoms with van der Waals surface area (Å²) in [5, 5.41) is 10.4. The molecule has 5 aromatic rings. The molecule has 6 rings (SSSR count). The molecule has 0 saturated carbocycles. The van der Waals surface area contributed by atoms with Crippen LogP contribution in [0.5, 0.6) is 5.75 Å². The van der Waals surface area contributed by atoms with Crippen molar-refractivity contribution in [1.82, 2.24) is 9.38 Å². The molecule has 2 aromatic heterocycles. The minimum atomic E-state index is -1.21. The molecule has 0 radical (unpaired) electrons. The largest absolute Gasteiger partial charge is 0.493 e. The van der Waals surface area contributed by atoms with E-state index in [-0.39, 0.29) is 5.82 Å². The summed E-state index contributed by atoms with van der Waals surface area (Å²) in [6.07, 6.45) is 4.42. The third-order valence-corrected chi connectivity index (χ3v) is 7.48. The number of ether oxygens (including phenoxy) is 2. The van der Waals surface area contributed by atoms with Crippen LogP contribution in [0.2, 0.25) is 0 Å². The van der Waals surface area contributed by atoms with Crippen LogP contribution in [0.1, 0.15) is 50.0 Å². The molecule has 6 nitrogen and oxygen atoms in total. The zero-order chi connectivity index (χ0) is 29.6. The average Bonchev–Trinajstić information content (AvgIpc) is 3.38. The van der Waals surface area contributed by atoms with E-state index in [1.54, 1.807) is 12.1 Å². The molecular weight excluding hydrogens is 531 g/mol. The predicted molar refractivity (Wildman–Crippen MR) is 161 cm³/mol. The van der Waals surface area contributed by atoms with Crippen LogP contribution in [0, 0.1) is 12.7 Å². The first-order valence-corrected chi connectivity index (χ1v) is 14.1. The van der Waals surface area contributed by atoms with Gasteiger partial charge in [-0.25, -0.2) is 14.2 Å². The van der Waals surface area contributed by atoms with Gasteiger partial charge in [0.05, 0.1) is 17.9 Å². The number of fused-ring (bicyclic) bond motifs is 2. The van der Waals surface area contributed by atoms with Gasteiger partial charge >= 0.3 is 5.97 Å². The molecule has 0 spiro atoms. The Bertz CT molecular complexity index is 1820. The standard InChI is InChI=1S/C35H33FN2O4/c1-21-19-38-20-28(23-10-7-9-22(17-23)26-12-5-6-13-27(26)36)37-33(38)31(30(21)32(34(39)40)42-35(2,3)4)25-14-15-29-24(18-25)11-8-16-41-29/h5-7,9-10,12-15,17-20,32H,8,11,16H2,1-4H3,(H,39,40). The monoisotopic (exact) mass is 564 g/mol. The summed E-state index contributed by atoms with van der Waals surface area (Å²) in [5.41, 5.74) is 6.67. The Morgan fingerprint density at radius 2 is 1.81 bits per heavy atom. The molecule has 0 saturated heterocycles. The van der Waals surface area contributed by atoms with Gasteiger partial charge in [0.1, 0.15) is 17.2 Å². The fourth-order valence-corrected chi connectivity index (χ4v) is 5.68. The molecule has 3 aromatic carbocycles. The molecule has 1 unspecified atom stereocenters. The first kappa shape index (κ1) is 27.7. The van der Waals surface area contributed by atoms with Crippen LogP contribution in [0.15, 0.2) is 79.1 Å². The maximum atomic E-state index is 14.6. The van der Waals surface area contributed by atoms with Gasteiger partial charge in [-0.05, 0) is 87.1 Å². The number of aromatic nitrogens is 2. The van der Waals surface area contributed by atoms with Gasteiger partial charge < -0.3 is 19.0 Å². The third-order valence-electron chi connectivity index (χ3n) is 7.48. The van der Waals surface area contributed by atoms with Crippen molar-refractivity contribution in [1.29, 1.82) is 0 Å². The lowest BCUT2D eigenvalue weighted by molar-refractivity contribution is -0.160. The third kappa shape index (κ3) is 5.28. The normalized spacial score (nSPS) is 13.9. The minimum absolute atomic E-state index is 0.290. The quantitative estimate of drug-likeness (QED) is 0.226. The van der Waals surface area contributed by atoms with Crippen molar-refractivity contribution in [2.24, 2.45) is 0 Å². The summed E-state index contributed by atoms with van der Waals surface area (Å²) in [6, 6.07) is 20.3. The second-order valence-electron chi connectivity index (χ2n) is 11.7. The molecule has 42 heavy (non-hydrogen) atoms. The number of imidazole rings is 1. The van der Waals surface area contributed by atoms with Crippen molar-refractivity contribution < 1.29 is 23.8 Å². The second kappa shape index (κ2) is 10.7. The Hall–Kier alpha value is -4.49. The molecule has 1 atom stereocenters. The van der Waals surface area contributed by atoms with Gasteiger partial charge in [-0.2, -0.15) is 0 Å². The van der Waals surface area contributed by atoms with E-state index < -0.39 is 17.7 Å². The van der Waals surface area contributed by atoms with Gasteiger partial charge in [0.2, 0.25) is 0 Å². The van der Waals surface area contributed by atoms with Crippen molar-refractivity contribution in [2.75, 3.05) is 6.61 Å². The van der Waals surface area contributed by atoms with Crippen molar-refractivity contribution in [3.63, 3.8) is 0 Å². The molecule has 7 heteroatoms. The highest BCUT2D eigenvalue weighted by atomic mass is 19.1. The molecule has 214 valence electrons. The second-order valence-corrected chi connectivity index (χ2v) is 11.7. The Morgan fingerprint density at radius 1 is 1.02 bits per heavy atom. The van der Waals surface area contributed by atoms with Gasteiger partial charge in [-0.15, -0.1) is 0 Å². The fraction of sp³-hybridized carbons (Fsp3) is 0.257. The van der Waals surface area contributed by atoms with Crippen LogP contribution in [0.25, 0.3) is 39.2 Å². The van der Waals surface area contributed by atoms with Gasteiger partial charge in [0.15, 0.2) is 6.10 Å². The number of aliphatic carboxylic acids is 1. The molecule has 0 amide bonds. The van der Waals surface area contributed by atoms with E-state index in [0.717, 1.165) is 46.4 Å². The number of hydrogen-bond acceptors (Lipinski definition) is 4. The summed E-state index contributed by atoms with van der Waals surface area (Å²) in [5.74, 6) is -0.503. The van der Waals surface area contributed by atoms with E-state index >= 15 is 0 Å². The fourth-order valence-electron chi connectivity index (χ4n) is 5.68. The van der Waals surface area contributed by atoms with Gasteiger partial charge in [0.25, 0.3) is 0 Å². The smallest absolute Gasteiger partial charge is 0.337 e. The van der Waals surface area contributed by atoms with Crippen LogP contribution < -0.4 is 4.74 Å². The van der Waals surface area contributed by atoms with Crippen molar-refractivity contribution in [3.05, 3.63) is 102 Å². The number of pyridine rings is 1. The number of carboxylic acids is 1. The number of carbonyl (C=O) groups is 1. The van der Waals surface area contributed by atoms with Gasteiger partial charge in [-0.1, -0.05) is 42.5 Å². The number of benzene rings is 3. The van der Waals surface area contributed by atoms with E-state index in [2.05, 4.69) is 6.07 Å². The maximum Gasteiger partial charge on any atom is 0.337 e. The highest BCUT2D eigenvalue weighted by Crippen LogP contribution is 2.41. The Labute approximate surface area is 244 Å². The molecule has 1 aliphatic rings. The van der Waals surface area contributed by atoms with E-state index in [1.165, 1.54) is 6.07 Å². The number of nitrogens with zero attached hydrogens (tertiary/aromatic N) is 2. The van der Waals surface area contributed by atoms with Crippen LogP contribution >= 0.6 is 0 Å². The molecular formula is C35H33FN2O4. The molecule has 1 aliphatic heterocycles. The number of aryl methyl sites for hydroxylation is 2. The van der Waals surface area contributed by atoms with Crippen LogP contribution in [-0.2, 0) is 16.0 Å². The Kier molecular flexibility index (Phi) is 7.07. The SMILES string of the molecule is Cc1cn2cc(-c3cccc(-c4ccccc4F)c3)nc2c(-c2ccc3c(c2)CCCO3)c1C(OC(C)(C)C)C(=O)O. The van der Waals surface area contributed by atoms with Crippen molar-refractivity contribution >= 4 is 11.6 Å². The molecule has 0 aliphatic carbocycles. The molecule has 1 N–H and O–H groups in total. The lowest BCUT2D eigenvalue weighted by Crippen LogP contribution is -2.28. The van der Waals surface area contributed by atoms with Crippen LogP contribution in [0.4, 0.5) is 4.39 Å². The summed E-state index contributed by atoms with van der Waals surface area (Å²) >= 11 is 0. The number of rotatable bonds is 6. The van der Waals surface area contributed by atoms with Crippen molar-refractivity contribution in [3.8, 4) is 39.3 Å². The highest BCUT2D eigenvalue weighted by Gasteiger charge is 2.32.